The molecule has 0 spiro atoms. The van der Waals surface area contributed by atoms with Crippen molar-refractivity contribution >= 4 is 28.2 Å². The fraction of sp³-hybridized carbons (Fsp3) is 0.269. The third-order valence-corrected chi connectivity index (χ3v) is 7.05. The van der Waals surface area contributed by atoms with Crippen molar-refractivity contribution in [2.75, 3.05) is 25.5 Å². The third kappa shape index (κ3) is 4.11. The quantitative estimate of drug-likeness (QED) is 0.415. The molecule has 2 N–H and O–H groups in total. The highest BCUT2D eigenvalue weighted by atomic mass is 19.4. The van der Waals surface area contributed by atoms with E-state index >= 15 is 0 Å². The van der Waals surface area contributed by atoms with Gasteiger partial charge in [-0.1, -0.05) is 6.07 Å². The van der Waals surface area contributed by atoms with Gasteiger partial charge in [0, 0.05) is 36.8 Å². The number of fused-ring (bicyclic) bond motifs is 6. The maximum atomic E-state index is 13.0. The van der Waals surface area contributed by atoms with Crippen LogP contribution in [-0.2, 0) is 4.79 Å². The summed E-state index contributed by atoms with van der Waals surface area (Å²) in [6.07, 6.45) is 0.341. The number of ether oxygens (including phenoxy) is 1. The molecule has 0 saturated carbocycles. The van der Waals surface area contributed by atoms with Crippen molar-refractivity contribution in [1.82, 2.24) is 24.8 Å². The minimum Gasteiger partial charge on any atom is -0.480 e. The van der Waals surface area contributed by atoms with Gasteiger partial charge in [0.15, 0.2) is 0 Å². The molecule has 2 atom stereocenters. The van der Waals surface area contributed by atoms with E-state index in [1.165, 1.54) is 19.5 Å². The van der Waals surface area contributed by atoms with Crippen molar-refractivity contribution in [2.24, 2.45) is 0 Å². The molecule has 2 aliphatic rings. The second-order valence-electron chi connectivity index (χ2n) is 9.38. The van der Waals surface area contributed by atoms with E-state index in [0.29, 0.717) is 46.0 Å². The van der Waals surface area contributed by atoms with Crippen LogP contribution in [0.15, 0.2) is 53.7 Å². The lowest BCUT2D eigenvalue weighted by molar-refractivity contribution is -0.186. The predicted octanol–water partition coefficient (Wildman–Crippen LogP) is 4.11. The smallest absolute Gasteiger partial charge is 0.471 e. The van der Waals surface area contributed by atoms with E-state index in [0.717, 1.165) is 16.0 Å². The van der Waals surface area contributed by atoms with Crippen molar-refractivity contribution in [3.63, 3.8) is 0 Å². The molecule has 3 aromatic heterocycles. The largest absolute Gasteiger partial charge is 0.480 e. The van der Waals surface area contributed by atoms with Crippen molar-refractivity contribution in [2.45, 2.75) is 24.4 Å². The number of carbonyl (C=O) groups is 1. The number of halogens is 3. The zero-order chi connectivity index (χ0) is 26.6. The van der Waals surface area contributed by atoms with Crippen LogP contribution in [-0.4, -0.2) is 57.1 Å². The van der Waals surface area contributed by atoms with Crippen molar-refractivity contribution < 1.29 is 22.7 Å². The van der Waals surface area contributed by atoms with Crippen LogP contribution < -0.4 is 15.6 Å². The number of carbonyl (C=O) groups excluding carboxylic acids is 1. The van der Waals surface area contributed by atoms with Crippen LogP contribution in [0.5, 0.6) is 5.88 Å². The highest BCUT2D eigenvalue weighted by Crippen LogP contribution is 2.47. The SMILES string of the molecule is COc1cncc(-c2cc3cc[nH]c(=O)c3c(Nc3ccc4c(c3)C3CC4CN(C(=O)C(F)(F)F)C3)n2)n1. The lowest BCUT2D eigenvalue weighted by Gasteiger charge is -2.32. The number of rotatable bonds is 4. The first kappa shape index (κ1) is 23.9. The molecule has 2 bridgehead atoms. The second kappa shape index (κ2) is 8.82. The van der Waals surface area contributed by atoms with E-state index in [1.54, 1.807) is 24.4 Å². The van der Waals surface area contributed by atoms with Crippen LogP contribution >= 0.6 is 0 Å². The number of hydrogen-bond donors (Lipinski definition) is 2. The van der Waals surface area contributed by atoms with Crippen molar-refractivity contribution in [1.29, 1.82) is 0 Å². The van der Waals surface area contributed by atoms with Crippen LogP contribution in [0.2, 0.25) is 0 Å². The number of likely N-dealkylation sites (tertiary alicyclic amines) is 1. The number of methoxy groups -OCH3 is 1. The Hall–Kier alpha value is -4.48. The number of nitrogens with one attached hydrogen (secondary N) is 2. The maximum absolute atomic E-state index is 13.0. The standard InChI is InChI=1S/C26H21F3N6O3/c1-38-21-10-30-9-20(33-21)19-7-13-4-5-31-24(36)22(13)23(34-19)32-16-2-3-17-14-6-15(18(17)8-16)12-35(11-14)25(37)26(27,28)29/h2-5,7-10,14-15H,6,11-12H2,1H3,(H,31,36)(H,32,34). The Labute approximate surface area is 213 Å². The number of anilines is 2. The predicted molar refractivity (Wildman–Crippen MR) is 132 cm³/mol. The molecule has 1 aliphatic heterocycles. The molecular formula is C26H21F3N6O3. The number of H-pyrrole nitrogens is 1. The molecule has 0 radical (unpaired) electrons. The zero-order valence-corrected chi connectivity index (χ0v) is 20.0. The first-order chi connectivity index (χ1) is 18.2. The monoisotopic (exact) mass is 522 g/mol. The molecule has 1 saturated heterocycles. The van der Waals surface area contributed by atoms with Gasteiger partial charge >= 0.3 is 12.1 Å². The Bertz CT molecular complexity index is 1640. The van der Waals surface area contributed by atoms with E-state index < -0.39 is 12.1 Å². The molecule has 2 unspecified atom stereocenters. The Morgan fingerprint density at radius 1 is 1.08 bits per heavy atom. The number of benzene rings is 1. The van der Waals surface area contributed by atoms with Gasteiger partial charge in [-0.15, -0.1) is 0 Å². The minimum atomic E-state index is -4.90. The summed E-state index contributed by atoms with van der Waals surface area (Å²) in [5, 5.41) is 4.19. The number of amides is 1. The van der Waals surface area contributed by atoms with Gasteiger partial charge in [-0.2, -0.15) is 13.2 Å². The fourth-order valence-electron chi connectivity index (χ4n) is 5.42. The molecule has 194 valence electrons. The summed E-state index contributed by atoms with van der Waals surface area (Å²) in [6, 6.07) is 9.02. The first-order valence-electron chi connectivity index (χ1n) is 11.9. The summed E-state index contributed by atoms with van der Waals surface area (Å²) in [5.41, 5.74) is 3.04. The van der Waals surface area contributed by atoms with Crippen LogP contribution in [0.4, 0.5) is 24.7 Å². The van der Waals surface area contributed by atoms with Crippen LogP contribution in [0, 0.1) is 0 Å². The molecule has 4 aromatic rings. The summed E-state index contributed by atoms with van der Waals surface area (Å²) in [6.45, 7) is 0.0515. The summed E-state index contributed by atoms with van der Waals surface area (Å²) in [7, 11) is 1.48. The summed E-state index contributed by atoms with van der Waals surface area (Å²) in [5.74, 6) is -1.55. The van der Waals surface area contributed by atoms with Gasteiger partial charge in [-0.25, -0.2) is 9.97 Å². The molecule has 9 nitrogen and oxygen atoms in total. The zero-order valence-electron chi connectivity index (χ0n) is 20.0. The lowest BCUT2D eigenvalue weighted by Crippen LogP contribution is -2.46. The lowest BCUT2D eigenvalue weighted by atomic mass is 9.95. The fourth-order valence-corrected chi connectivity index (χ4v) is 5.42. The number of aromatic nitrogens is 4. The first-order valence-corrected chi connectivity index (χ1v) is 11.9. The highest BCUT2D eigenvalue weighted by Gasteiger charge is 2.47. The average molecular weight is 522 g/mol. The molecule has 4 heterocycles. The van der Waals surface area contributed by atoms with Crippen molar-refractivity contribution in [3.8, 4) is 17.3 Å². The van der Waals surface area contributed by atoms with Crippen LogP contribution in [0.3, 0.4) is 0 Å². The normalized spacial score (nSPS) is 18.4. The molecule has 1 aliphatic carbocycles. The number of hydrogen-bond acceptors (Lipinski definition) is 7. The second-order valence-corrected chi connectivity index (χ2v) is 9.38. The average Bonchev–Trinajstić information content (AvgIpc) is 3.16. The number of nitrogens with zero attached hydrogens (tertiary/aromatic N) is 4. The molecule has 1 fully saturated rings. The van der Waals surface area contributed by atoms with E-state index in [9.17, 15) is 22.8 Å². The van der Waals surface area contributed by atoms with Crippen molar-refractivity contribution in [3.05, 3.63) is 70.4 Å². The summed E-state index contributed by atoms with van der Waals surface area (Å²) >= 11 is 0. The minimum absolute atomic E-state index is 0.0101. The van der Waals surface area contributed by atoms with Crippen LogP contribution in [0.25, 0.3) is 22.2 Å². The van der Waals surface area contributed by atoms with Gasteiger partial charge in [0.25, 0.3) is 5.56 Å². The van der Waals surface area contributed by atoms with Gasteiger partial charge in [-0.05, 0) is 47.2 Å². The van der Waals surface area contributed by atoms with E-state index in [-0.39, 0.29) is 30.5 Å². The topological polar surface area (TPSA) is 113 Å². The van der Waals surface area contributed by atoms with Gasteiger partial charge in [-0.3, -0.25) is 14.6 Å². The third-order valence-electron chi connectivity index (χ3n) is 7.05. The Morgan fingerprint density at radius 2 is 1.87 bits per heavy atom. The molecule has 12 heteroatoms. The Kier molecular flexibility index (Phi) is 5.55. The van der Waals surface area contributed by atoms with Crippen LogP contribution in [0.1, 0.15) is 29.4 Å². The number of piperidine rings is 1. The molecular weight excluding hydrogens is 501 g/mol. The van der Waals surface area contributed by atoms with Gasteiger partial charge in [0.1, 0.15) is 11.5 Å². The van der Waals surface area contributed by atoms with E-state index in [2.05, 4.69) is 25.3 Å². The Balaban J connectivity index is 1.37. The van der Waals surface area contributed by atoms with Gasteiger partial charge in [0.05, 0.1) is 30.6 Å². The molecule has 1 aromatic carbocycles. The number of aromatic amines is 1. The summed E-state index contributed by atoms with van der Waals surface area (Å²) < 4.78 is 44.3. The number of pyridine rings is 2. The maximum Gasteiger partial charge on any atom is 0.471 e. The molecule has 38 heavy (non-hydrogen) atoms. The highest BCUT2D eigenvalue weighted by molar-refractivity contribution is 5.95. The number of alkyl halides is 3. The van der Waals surface area contributed by atoms with Gasteiger partial charge in [0.2, 0.25) is 5.88 Å². The summed E-state index contributed by atoms with van der Waals surface area (Å²) in [4.78, 5) is 41.4. The van der Waals surface area contributed by atoms with E-state index in [1.807, 2.05) is 12.1 Å². The molecule has 1 amide bonds. The Morgan fingerprint density at radius 3 is 2.63 bits per heavy atom. The van der Waals surface area contributed by atoms with E-state index in [4.69, 9.17) is 4.74 Å². The van der Waals surface area contributed by atoms with Gasteiger partial charge < -0.3 is 19.9 Å². The molecule has 6 rings (SSSR count).